The number of aromatic nitrogens is 1. The average molecular weight is 544 g/mol. The lowest BCUT2D eigenvalue weighted by molar-refractivity contribution is 1.19. The molecule has 0 aliphatic carbocycles. The second-order valence-corrected chi connectivity index (χ2v) is 13.2. The van der Waals surface area contributed by atoms with Gasteiger partial charge in [-0.15, -0.1) is 0 Å². The summed E-state index contributed by atoms with van der Waals surface area (Å²) in [6.07, 6.45) is 0. The van der Waals surface area contributed by atoms with Crippen LogP contribution in [-0.2, 0) is 0 Å². The highest BCUT2D eigenvalue weighted by Crippen LogP contribution is 2.54. The Bertz CT molecular complexity index is 2110. The minimum Gasteiger partial charge on any atom is -0.343 e. The van der Waals surface area contributed by atoms with Gasteiger partial charge in [-0.2, -0.15) is 0 Å². The Kier molecular flexibility index (Phi) is 4.71. The smallest absolute Gasteiger partial charge is 0.0711 e. The number of hydrogen-bond donors (Lipinski definition) is 0. The maximum absolute atomic E-state index is 5.10. The van der Waals surface area contributed by atoms with Crippen molar-refractivity contribution in [2.75, 3.05) is 23.9 Å². The van der Waals surface area contributed by atoms with Crippen LogP contribution in [0.5, 0.6) is 0 Å². The number of benzene rings is 6. The summed E-state index contributed by atoms with van der Waals surface area (Å²) in [4.78, 5) is 9.91. The Labute approximate surface area is 240 Å². The lowest BCUT2D eigenvalue weighted by Crippen LogP contribution is -2.41. The van der Waals surface area contributed by atoms with Gasteiger partial charge in [0.2, 0.25) is 0 Å². The summed E-state index contributed by atoms with van der Waals surface area (Å²) in [5.74, 6) is 0. The molecule has 194 valence electrons. The Balaban J connectivity index is 1.36. The first-order valence-electron chi connectivity index (χ1n) is 14.0. The molecule has 3 nitrogen and oxygen atoms in total. The zero-order valence-corrected chi connectivity index (χ0v) is 23.7. The summed E-state index contributed by atoms with van der Waals surface area (Å²) >= 11 is 0. The third-order valence-corrected chi connectivity index (χ3v) is 11.4. The Morgan fingerprint density at radius 2 is 0.976 bits per heavy atom. The van der Waals surface area contributed by atoms with Crippen LogP contribution in [0, 0.1) is 0 Å². The predicted octanol–water partition coefficient (Wildman–Crippen LogP) is 8.13. The first-order chi connectivity index (χ1) is 20.1. The lowest BCUT2D eigenvalue weighted by Gasteiger charge is -2.43. The molecule has 0 bridgehead atoms. The zero-order chi connectivity index (χ0) is 27.2. The van der Waals surface area contributed by atoms with E-state index in [1.807, 2.05) is 0 Å². The van der Waals surface area contributed by atoms with Crippen molar-refractivity contribution >= 4 is 79.0 Å². The van der Waals surface area contributed by atoms with Crippen molar-refractivity contribution in [3.05, 3.63) is 121 Å². The quantitative estimate of drug-likeness (QED) is 0.195. The molecule has 0 spiro atoms. The summed E-state index contributed by atoms with van der Waals surface area (Å²) in [6, 6.07) is 44.6. The maximum atomic E-state index is 5.10. The molecule has 0 unspecified atom stereocenters. The van der Waals surface area contributed by atoms with Gasteiger partial charge in [-0.25, -0.2) is 4.98 Å². The fourth-order valence-corrected chi connectivity index (χ4v) is 9.73. The highest BCUT2D eigenvalue weighted by molar-refractivity contribution is 7.81. The van der Waals surface area contributed by atoms with Crippen molar-refractivity contribution in [3.8, 4) is 11.3 Å². The van der Waals surface area contributed by atoms with Crippen molar-refractivity contribution in [3.63, 3.8) is 0 Å². The van der Waals surface area contributed by atoms with Gasteiger partial charge < -0.3 is 9.80 Å². The Hall–Kier alpha value is -4.72. The minimum atomic E-state index is -0.764. The van der Waals surface area contributed by atoms with Crippen LogP contribution in [-0.4, -0.2) is 19.1 Å². The second-order valence-electron chi connectivity index (χ2n) is 11.1. The monoisotopic (exact) mass is 543 g/mol. The van der Waals surface area contributed by atoms with Gasteiger partial charge in [-0.05, 0) is 78.0 Å². The van der Waals surface area contributed by atoms with E-state index in [1.54, 1.807) is 0 Å². The van der Waals surface area contributed by atoms with Crippen molar-refractivity contribution in [2.24, 2.45) is 0 Å². The molecule has 9 rings (SSSR count). The number of hydrogen-bond acceptors (Lipinski definition) is 3. The fraction of sp³-hybridized carbons (Fsp3) is 0.0541. The summed E-state index contributed by atoms with van der Waals surface area (Å²) in [5, 5.41) is 10.6. The van der Waals surface area contributed by atoms with Crippen molar-refractivity contribution in [1.82, 2.24) is 4.98 Å². The largest absolute Gasteiger partial charge is 0.343 e. The molecule has 2 aliphatic heterocycles. The third kappa shape index (κ3) is 3.27. The molecule has 3 heterocycles. The average Bonchev–Trinajstić information content (AvgIpc) is 3.02. The van der Waals surface area contributed by atoms with E-state index >= 15 is 0 Å². The van der Waals surface area contributed by atoms with Gasteiger partial charge >= 0.3 is 0 Å². The van der Waals surface area contributed by atoms with E-state index in [2.05, 4.69) is 145 Å². The normalized spacial score (nSPS) is 13.9. The van der Waals surface area contributed by atoms with Gasteiger partial charge in [-0.1, -0.05) is 72.8 Å². The molecule has 4 heteroatoms. The summed E-state index contributed by atoms with van der Waals surface area (Å²) in [6.45, 7) is 0. The minimum absolute atomic E-state index is 0.764. The van der Waals surface area contributed by atoms with Crippen LogP contribution in [0.15, 0.2) is 121 Å². The van der Waals surface area contributed by atoms with Gasteiger partial charge in [0, 0.05) is 52.3 Å². The van der Waals surface area contributed by atoms with E-state index in [0.717, 1.165) is 22.2 Å². The van der Waals surface area contributed by atoms with Crippen LogP contribution in [0.1, 0.15) is 0 Å². The van der Waals surface area contributed by atoms with Crippen LogP contribution < -0.4 is 25.7 Å². The van der Waals surface area contributed by atoms with E-state index in [0.29, 0.717) is 0 Å². The molecule has 7 aromatic rings. The fourth-order valence-electron chi connectivity index (χ4n) is 6.68. The number of para-hydroxylation sites is 1. The van der Waals surface area contributed by atoms with Crippen LogP contribution in [0.25, 0.3) is 43.7 Å². The molecule has 0 atom stereocenters. The molecule has 2 aliphatic rings. The van der Waals surface area contributed by atoms with Crippen LogP contribution >= 0.6 is 7.92 Å². The van der Waals surface area contributed by atoms with Gasteiger partial charge in [-0.3, -0.25) is 0 Å². The van der Waals surface area contributed by atoms with E-state index in [4.69, 9.17) is 4.98 Å². The van der Waals surface area contributed by atoms with E-state index in [9.17, 15) is 0 Å². The van der Waals surface area contributed by atoms with Crippen molar-refractivity contribution < 1.29 is 0 Å². The molecule has 0 saturated heterocycles. The van der Waals surface area contributed by atoms with Crippen LogP contribution in [0.3, 0.4) is 0 Å². The molecule has 6 aromatic carbocycles. The SMILES string of the molecule is CN1c2cc3ccccc3cc2P2c3cc4ccccc4cc3N(C)c3cc(-c4ccc5ccccc5n4)cc1c32. The molecule has 1 aromatic heterocycles. The Morgan fingerprint density at radius 3 is 1.54 bits per heavy atom. The first-order valence-corrected chi connectivity index (χ1v) is 15.4. The highest BCUT2D eigenvalue weighted by Gasteiger charge is 2.39. The number of fused-ring (bicyclic) bond motifs is 7. The van der Waals surface area contributed by atoms with E-state index in [-0.39, 0.29) is 0 Å². The van der Waals surface area contributed by atoms with Gasteiger partial charge in [0.15, 0.2) is 0 Å². The lowest BCUT2D eigenvalue weighted by atomic mass is 10.0. The molecule has 0 N–H and O–H groups in total. The third-order valence-electron chi connectivity index (χ3n) is 8.80. The van der Waals surface area contributed by atoms with Gasteiger partial charge in [0.1, 0.15) is 0 Å². The molecule has 41 heavy (non-hydrogen) atoms. The second kappa shape index (κ2) is 8.39. The molecule has 0 saturated carbocycles. The number of nitrogens with zero attached hydrogens (tertiary/aromatic N) is 3. The molecule has 0 fully saturated rings. The summed E-state index contributed by atoms with van der Waals surface area (Å²) < 4.78 is 0. The van der Waals surface area contributed by atoms with Crippen LogP contribution in [0.4, 0.5) is 22.7 Å². The molecular weight excluding hydrogens is 517 g/mol. The number of pyridine rings is 1. The molecule has 0 amide bonds. The predicted molar refractivity (Wildman–Crippen MR) is 177 cm³/mol. The van der Waals surface area contributed by atoms with Gasteiger partial charge in [0.05, 0.1) is 22.6 Å². The zero-order valence-electron chi connectivity index (χ0n) is 22.8. The topological polar surface area (TPSA) is 19.4 Å². The van der Waals surface area contributed by atoms with Crippen LogP contribution in [0.2, 0.25) is 0 Å². The highest BCUT2D eigenvalue weighted by atomic mass is 31.1. The van der Waals surface area contributed by atoms with Crippen molar-refractivity contribution in [1.29, 1.82) is 0 Å². The van der Waals surface area contributed by atoms with Gasteiger partial charge in [0.25, 0.3) is 0 Å². The van der Waals surface area contributed by atoms with E-state index < -0.39 is 7.92 Å². The standard InChI is InChI=1S/C37H26N3P/c1-39-31-17-24-10-3-5-12-26(24)21-35(31)41-36-22-27-13-6-4-11-25(27)18-32(36)40(2)34-20-28(19-33(39)37(34)41)30-16-15-23-9-7-8-14-29(23)38-30/h3-22H,1-2H3. The Morgan fingerprint density at radius 1 is 0.488 bits per heavy atom. The van der Waals surface area contributed by atoms with E-state index in [1.165, 1.54) is 60.2 Å². The number of anilines is 4. The molecule has 0 radical (unpaired) electrons. The van der Waals surface area contributed by atoms with Crippen molar-refractivity contribution in [2.45, 2.75) is 0 Å². The summed E-state index contributed by atoms with van der Waals surface area (Å²) in [5.41, 5.74) is 8.29. The summed E-state index contributed by atoms with van der Waals surface area (Å²) in [7, 11) is 3.69. The maximum Gasteiger partial charge on any atom is 0.0711 e. The first kappa shape index (κ1) is 23.0. The molecular formula is C37H26N3P. The number of rotatable bonds is 1.